The molecule has 0 N–H and O–H groups in total. The average Bonchev–Trinajstić information content (AvgIpc) is 3.44. The molecule has 0 atom stereocenters. The fourth-order valence-electron chi connectivity index (χ4n) is 9.37. The van der Waals surface area contributed by atoms with E-state index in [1.807, 2.05) is 0 Å². The summed E-state index contributed by atoms with van der Waals surface area (Å²) in [4.78, 5) is 5.14. The van der Waals surface area contributed by atoms with Crippen LogP contribution in [0.2, 0.25) is 0 Å². The van der Waals surface area contributed by atoms with Crippen LogP contribution < -0.4 is 0 Å². The lowest BCUT2D eigenvalue weighted by molar-refractivity contribution is 0.660. The molecule has 0 aliphatic heterocycles. The number of benzene rings is 9. The summed E-state index contributed by atoms with van der Waals surface area (Å²) in [5, 5.41) is 9.84. The SMILES string of the molecule is CC1(C)c2ccccc2-c2ccc(-c3c4ccccc4c(-c4c5ccccc5nc5ccccc45)c4ccc(-c5cccc6ccccc56)cc34)cc21. The predicted octanol–water partition coefficient (Wildman–Crippen LogP) is 14.2. The van der Waals surface area contributed by atoms with Crippen LogP contribution in [0.25, 0.3) is 98.6 Å². The van der Waals surface area contributed by atoms with Gasteiger partial charge in [-0.15, -0.1) is 0 Å². The third-order valence-corrected chi connectivity index (χ3v) is 11.8. The molecule has 0 unspecified atom stereocenters. The van der Waals surface area contributed by atoms with Crippen LogP contribution in [0.3, 0.4) is 0 Å². The first-order chi connectivity index (χ1) is 26.1. The van der Waals surface area contributed by atoms with Gasteiger partial charge in [-0.05, 0) is 107 Å². The third-order valence-electron chi connectivity index (χ3n) is 11.8. The molecule has 1 heterocycles. The Kier molecular flexibility index (Phi) is 6.37. The summed E-state index contributed by atoms with van der Waals surface area (Å²) in [5.41, 5.74) is 14.9. The zero-order valence-corrected chi connectivity index (χ0v) is 29.7. The molecule has 9 aromatic carbocycles. The van der Waals surface area contributed by atoms with Crippen LogP contribution in [0.1, 0.15) is 25.0 Å². The molecule has 1 aliphatic carbocycles. The van der Waals surface area contributed by atoms with Crippen LogP contribution in [-0.2, 0) is 5.41 Å². The third kappa shape index (κ3) is 4.35. The number of aromatic nitrogens is 1. The molecule has 0 spiro atoms. The molecule has 0 saturated heterocycles. The second kappa shape index (κ2) is 11.2. The summed E-state index contributed by atoms with van der Waals surface area (Å²) in [5.74, 6) is 0. The summed E-state index contributed by atoms with van der Waals surface area (Å²) in [6.45, 7) is 4.75. The van der Waals surface area contributed by atoms with E-state index in [1.165, 1.54) is 98.7 Å². The van der Waals surface area contributed by atoms with Crippen LogP contribution >= 0.6 is 0 Å². The molecule has 0 fully saturated rings. The Hall–Kier alpha value is -6.57. The van der Waals surface area contributed by atoms with Gasteiger partial charge in [-0.1, -0.05) is 166 Å². The second-order valence-corrected chi connectivity index (χ2v) is 15.0. The summed E-state index contributed by atoms with van der Waals surface area (Å²) >= 11 is 0. The molecule has 0 bridgehead atoms. The topological polar surface area (TPSA) is 12.9 Å². The van der Waals surface area contributed by atoms with Crippen molar-refractivity contribution in [3.8, 4) is 44.5 Å². The number of fused-ring (bicyclic) bond motifs is 8. The van der Waals surface area contributed by atoms with Crippen LogP contribution in [0, 0.1) is 0 Å². The van der Waals surface area contributed by atoms with Gasteiger partial charge in [0.1, 0.15) is 0 Å². The minimum atomic E-state index is -0.101. The van der Waals surface area contributed by atoms with E-state index in [-0.39, 0.29) is 5.41 Å². The quantitative estimate of drug-likeness (QED) is 0.170. The lowest BCUT2D eigenvalue weighted by atomic mass is 9.80. The molecule has 1 heteroatoms. The molecular formula is C52H35N. The lowest BCUT2D eigenvalue weighted by Gasteiger charge is -2.23. The molecule has 248 valence electrons. The fourth-order valence-corrected chi connectivity index (χ4v) is 9.37. The first-order valence-corrected chi connectivity index (χ1v) is 18.6. The van der Waals surface area contributed by atoms with E-state index in [2.05, 4.69) is 190 Å². The maximum atomic E-state index is 5.14. The number of hydrogen-bond donors (Lipinski definition) is 0. The van der Waals surface area contributed by atoms with Crippen LogP contribution in [0.5, 0.6) is 0 Å². The monoisotopic (exact) mass is 673 g/mol. The molecule has 1 nitrogen and oxygen atoms in total. The molecule has 0 radical (unpaired) electrons. The number of hydrogen-bond acceptors (Lipinski definition) is 1. The van der Waals surface area contributed by atoms with E-state index in [0.29, 0.717) is 0 Å². The second-order valence-electron chi connectivity index (χ2n) is 15.0. The van der Waals surface area contributed by atoms with Gasteiger partial charge in [0.15, 0.2) is 0 Å². The Bertz CT molecular complexity index is 3090. The smallest absolute Gasteiger partial charge is 0.0715 e. The van der Waals surface area contributed by atoms with Gasteiger partial charge in [0.2, 0.25) is 0 Å². The Labute approximate surface area is 308 Å². The molecular weight excluding hydrogens is 639 g/mol. The fraction of sp³-hybridized carbons (Fsp3) is 0.0577. The first-order valence-electron chi connectivity index (χ1n) is 18.6. The van der Waals surface area contributed by atoms with Crippen molar-refractivity contribution in [3.05, 3.63) is 187 Å². The van der Waals surface area contributed by atoms with Crippen molar-refractivity contribution in [1.29, 1.82) is 0 Å². The Balaban J connectivity index is 1.30. The van der Waals surface area contributed by atoms with Crippen LogP contribution in [-0.4, -0.2) is 4.98 Å². The largest absolute Gasteiger partial charge is 0.248 e. The maximum Gasteiger partial charge on any atom is 0.0715 e. The first kappa shape index (κ1) is 30.1. The Morgan fingerprint density at radius 3 is 1.64 bits per heavy atom. The van der Waals surface area contributed by atoms with Gasteiger partial charge in [0.25, 0.3) is 0 Å². The number of nitrogens with zero attached hydrogens (tertiary/aromatic N) is 1. The van der Waals surface area contributed by atoms with Gasteiger partial charge in [0.05, 0.1) is 11.0 Å². The molecule has 0 amide bonds. The number of pyridine rings is 1. The van der Waals surface area contributed by atoms with Crippen molar-refractivity contribution in [2.75, 3.05) is 0 Å². The van der Waals surface area contributed by atoms with E-state index in [4.69, 9.17) is 4.98 Å². The zero-order valence-electron chi connectivity index (χ0n) is 29.7. The lowest BCUT2D eigenvalue weighted by Crippen LogP contribution is -2.14. The molecule has 0 saturated carbocycles. The van der Waals surface area contributed by atoms with Gasteiger partial charge in [-0.3, -0.25) is 0 Å². The minimum Gasteiger partial charge on any atom is -0.248 e. The van der Waals surface area contributed by atoms with Gasteiger partial charge in [0, 0.05) is 21.8 Å². The van der Waals surface area contributed by atoms with Crippen molar-refractivity contribution >= 4 is 54.1 Å². The van der Waals surface area contributed by atoms with Gasteiger partial charge in [-0.2, -0.15) is 0 Å². The molecule has 10 aromatic rings. The summed E-state index contributed by atoms with van der Waals surface area (Å²) in [6, 6.07) is 65.0. The number of para-hydroxylation sites is 2. The zero-order chi connectivity index (χ0) is 35.3. The van der Waals surface area contributed by atoms with E-state index in [9.17, 15) is 0 Å². The van der Waals surface area contributed by atoms with Crippen molar-refractivity contribution in [2.24, 2.45) is 0 Å². The summed E-state index contributed by atoms with van der Waals surface area (Å²) in [7, 11) is 0. The van der Waals surface area contributed by atoms with Crippen LogP contribution in [0.4, 0.5) is 0 Å². The van der Waals surface area contributed by atoms with Crippen LogP contribution in [0.15, 0.2) is 176 Å². The molecule has 53 heavy (non-hydrogen) atoms. The summed E-state index contributed by atoms with van der Waals surface area (Å²) in [6.07, 6.45) is 0. The Morgan fingerprint density at radius 1 is 0.340 bits per heavy atom. The van der Waals surface area contributed by atoms with Gasteiger partial charge in [-0.25, -0.2) is 4.98 Å². The highest BCUT2D eigenvalue weighted by atomic mass is 14.7. The Morgan fingerprint density at radius 2 is 0.868 bits per heavy atom. The van der Waals surface area contributed by atoms with E-state index >= 15 is 0 Å². The van der Waals surface area contributed by atoms with E-state index in [0.717, 1.165) is 11.0 Å². The number of rotatable bonds is 3. The normalized spacial score (nSPS) is 13.2. The highest BCUT2D eigenvalue weighted by Gasteiger charge is 2.35. The molecule has 1 aromatic heterocycles. The highest BCUT2D eigenvalue weighted by molar-refractivity contribution is 6.27. The average molecular weight is 674 g/mol. The van der Waals surface area contributed by atoms with Crippen molar-refractivity contribution < 1.29 is 0 Å². The maximum absolute atomic E-state index is 5.14. The molecule has 11 rings (SSSR count). The summed E-state index contributed by atoms with van der Waals surface area (Å²) < 4.78 is 0. The van der Waals surface area contributed by atoms with Crippen molar-refractivity contribution in [2.45, 2.75) is 19.3 Å². The van der Waals surface area contributed by atoms with Crippen molar-refractivity contribution in [1.82, 2.24) is 4.98 Å². The van der Waals surface area contributed by atoms with E-state index < -0.39 is 0 Å². The minimum absolute atomic E-state index is 0.101. The predicted molar refractivity (Wildman–Crippen MR) is 226 cm³/mol. The van der Waals surface area contributed by atoms with Gasteiger partial charge < -0.3 is 0 Å². The highest BCUT2D eigenvalue weighted by Crippen LogP contribution is 2.52. The molecule has 1 aliphatic rings. The standard InChI is InChI=1S/C52H35N/c1-52(2)45-23-10-7-17-37(45)38-28-27-34(31-46(38)52)49-39-18-5-6-19-40(39)50(51-42-20-8-11-24-47(42)53-48-25-12-9-21-43(48)51)41-29-26-33(30-44(41)49)36-22-13-15-32-14-3-4-16-35(32)36/h3-31H,1-2H3. The van der Waals surface area contributed by atoms with Crippen molar-refractivity contribution in [3.63, 3.8) is 0 Å². The van der Waals surface area contributed by atoms with Gasteiger partial charge >= 0.3 is 0 Å². The van der Waals surface area contributed by atoms with E-state index in [1.54, 1.807) is 0 Å².